The highest BCUT2D eigenvalue weighted by Gasteiger charge is 2.69. The minimum Gasteiger partial charge on any atom is -0.469 e. The maximum atomic E-state index is 13.4. The number of rotatable bonds is 9. The third kappa shape index (κ3) is 6.13. The number of carbonyl (C=O) groups is 7. The van der Waals surface area contributed by atoms with E-state index < -0.39 is 96.3 Å². The van der Waals surface area contributed by atoms with Gasteiger partial charge in [0.05, 0.1) is 14.2 Å². The van der Waals surface area contributed by atoms with Crippen LogP contribution in [0.2, 0.25) is 0 Å². The van der Waals surface area contributed by atoms with Crippen LogP contribution in [0.5, 0.6) is 0 Å². The van der Waals surface area contributed by atoms with Crippen LogP contribution >= 0.6 is 0 Å². The Kier molecular flexibility index (Phi) is 9.66. The second-order valence-corrected chi connectivity index (χ2v) is 9.55. The molecule has 0 unspecified atom stereocenters. The molecule has 2 aliphatic heterocycles. The average molecular weight is 560 g/mol. The number of amides is 2. The average Bonchev–Trinajstić information content (AvgIpc) is 3.18. The fraction of sp³-hybridized carbons (Fsp3) is 0.708. The van der Waals surface area contributed by atoms with E-state index in [4.69, 9.17) is 33.2 Å². The zero-order valence-corrected chi connectivity index (χ0v) is 23.0. The van der Waals surface area contributed by atoms with E-state index in [9.17, 15) is 33.6 Å². The lowest BCUT2D eigenvalue weighted by Gasteiger charge is -2.51. The third-order valence-corrected chi connectivity index (χ3v) is 6.61. The Morgan fingerprint density at radius 2 is 1.56 bits per heavy atom. The zero-order chi connectivity index (χ0) is 29.9. The summed E-state index contributed by atoms with van der Waals surface area (Å²) in [5.74, 6) is -5.29. The van der Waals surface area contributed by atoms with Crippen LogP contribution in [0.4, 0.5) is 4.79 Å². The predicted octanol–water partition coefficient (Wildman–Crippen LogP) is 0.0487. The molecule has 2 rings (SSSR count). The van der Waals surface area contributed by atoms with Gasteiger partial charge in [0.25, 0.3) is 0 Å². The summed E-state index contributed by atoms with van der Waals surface area (Å²) in [5, 5.41) is 0. The van der Waals surface area contributed by atoms with Crippen LogP contribution in [0, 0.1) is 5.41 Å². The summed E-state index contributed by atoms with van der Waals surface area (Å²) in [6.07, 6.45) is -7.73. The van der Waals surface area contributed by atoms with Gasteiger partial charge in [0, 0.05) is 34.1 Å². The molecule has 0 aromatic carbocycles. The van der Waals surface area contributed by atoms with Gasteiger partial charge < -0.3 is 33.2 Å². The maximum Gasteiger partial charge on any atom is 0.417 e. The predicted molar refractivity (Wildman–Crippen MR) is 124 cm³/mol. The lowest BCUT2D eigenvalue weighted by atomic mass is 9.68. The van der Waals surface area contributed by atoms with Crippen molar-refractivity contribution in [3.63, 3.8) is 0 Å². The standard InChI is InChI=1S/C24H33NO14/c1-11(26)25-17-15(38-22(25)32)9-24(21(31)34-8,23(5,6)20(30)33-7)39-19(17)18(37-14(4)29)16(36-13(3)28)10-35-12(2)27/h15-19H,9-10H2,1-8H3/t15-,16+,17+,18+,19+,24+/m0/s1. The van der Waals surface area contributed by atoms with E-state index in [2.05, 4.69) is 0 Å². The number of methoxy groups -OCH3 is 2. The smallest absolute Gasteiger partial charge is 0.417 e. The van der Waals surface area contributed by atoms with Crippen molar-refractivity contribution in [2.45, 2.75) is 84.0 Å². The summed E-state index contributed by atoms with van der Waals surface area (Å²) >= 11 is 0. The Morgan fingerprint density at radius 1 is 0.974 bits per heavy atom. The van der Waals surface area contributed by atoms with Crippen molar-refractivity contribution in [3.05, 3.63) is 0 Å². The summed E-state index contributed by atoms with van der Waals surface area (Å²) < 4.78 is 37.3. The Balaban J connectivity index is 2.84. The molecule has 2 aliphatic rings. The number of hydrogen-bond acceptors (Lipinski definition) is 14. The fourth-order valence-electron chi connectivity index (χ4n) is 4.83. The molecule has 2 fully saturated rings. The first-order valence-corrected chi connectivity index (χ1v) is 11.9. The van der Waals surface area contributed by atoms with Gasteiger partial charge in [-0.25, -0.2) is 14.5 Å². The van der Waals surface area contributed by atoms with E-state index in [0.29, 0.717) is 4.90 Å². The van der Waals surface area contributed by atoms with E-state index >= 15 is 0 Å². The minimum absolute atomic E-state index is 0.465. The molecular weight excluding hydrogens is 526 g/mol. The highest BCUT2D eigenvalue weighted by molar-refractivity contribution is 5.94. The lowest BCUT2D eigenvalue weighted by molar-refractivity contribution is -0.260. The van der Waals surface area contributed by atoms with Crippen molar-refractivity contribution >= 4 is 41.8 Å². The largest absolute Gasteiger partial charge is 0.469 e. The molecule has 0 radical (unpaired) electrons. The number of carbonyl (C=O) groups excluding carboxylic acids is 7. The van der Waals surface area contributed by atoms with E-state index in [1.54, 1.807) is 0 Å². The number of fused-ring (bicyclic) bond motifs is 1. The third-order valence-electron chi connectivity index (χ3n) is 6.61. The van der Waals surface area contributed by atoms with E-state index in [1.807, 2.05) is 0 Å². The van der Waals surface area contributed by atoms with Crippen molar-refractivity contribution in [2.75, 3.05) is 20.8 Å². The lowest BCUT2D eigenvalue weighted by Crippen LogP contribution is -2.70. The van der Waals surface area contributed by atoms with Crippen LogP contribution in [-0.4, -0.2) is 104 Å². The fourth-order valence-corrected chi connectivity index (χ4v) is 4.83. The van der Waals surface area contributed by atoms with Gasteiger partial charge in [0.2, 0.25) is 5.91 Å². The van der Waals surface area contributed by atoms with E-state index in [-0.39, 0.29) is 0 Å². The molecule has 0 bridgehead atoms. The van der Waals surface area contributed by atoms with Crippen LogP contribution in [0.1, 0.15) is 48.0 Å². The Bertz CT molecular complexity index is 1040. The van der Waals surface area contributed by atoms with Crippen LogP contribution in [0.25, 0.3) is 0 Å². The van der Waals surface area contributed by atoms with Gasteiger partial charge in [-0.1, -0.05) is 0 Å². The van der Waals surface area contributed by atoms with Crippen molar-refractivity contribution < 1.29 is 66.7 Å². The van der Waals surface area contributed by atoms with Crippen molar-refractivity contribution in [2.24, 2.45) is 5.41 Å². The topological polar surface area (TPSA) is 187 Å². The zero-order valence-electron chi connectivity index (χ0n) is 23.0. The van der Waals surface area contributed by atoms with Crippen LogP contribution in [0.15, 0.2) is 0 Å². The van der Waals surface area contributed by atoms with Gasteiger partial charge in [0.1, 0.15) is 30.3 Å². The molecule has 0 saturated carbocycles. The molecular formula is C24H33NO14. The molecule has 15 heteroatoms. The van der Waals surface area contributed by atoms with Crippen LogP contribution in [-0.2, 0) is 61.9 Å². The number of ether oxygens (including phenoxy) is 7. The van der Waals surface area contributed by atoms with Gasteiger partial charge in [0.15, 0.2) is 17.8 Å². The highest BCUT2D eigenvalue weighted by atomic mass is 16.6. The minimum atomic E-state index is -2.23. The first-order valence-electron chi connectivity index (χ1n) is 11.9. The maximum absolute atomic E-state index is 13.4. The highest BCUT2D eigenvalue weighted by Crippen LogP contribution is 2.49. The van der Waals surface area contributed by atoms with E-state index in [1.165, 1.54) is 13.8 Å². The summed E-state index contributed by atoms with van der Waals surface area (Å²) in [6.45, 7) is 6.25. The molecule has 2 saturated heterocycles. The number of nitrogens with zero attached hydrogens (tertiary/aromatic N) is 1. The van der Waals surface area contributed by atoms with Crippen molar-refractivity contribution in [1.82, 2.24) is 4.90 Å². The van der Waals surface area contributed by atoms with Crippen molar-refractivity contribution in [3.8, 4) is 0 Å². The monoisotopic (exact) mass is 559 g/mol. The van der Waals surface area contributed by atoms with Gasteiger partial charge >= 0.3 is 35.9 Å². The molecule has 0 N–H and O–H groups in total. The quantitative estimate of drug-likeness (QED) is 0.272. The van der Waals surface area contributed by atoms with Crippen LogP contribution in [0.3, 0.4) is 0 Å². The number of imide groups is 1. The first-order chi connectivity index (χ1) is 18.0. The molecule has 0 spiro atoms. The molecule has 6 atom stereocenters. The van der Waals surface area contributed by atoms with Gasteiger partial charge in [-0.2, -0.15) is 0 Å². The molecule has 2 heterocycles. The number of esters is 5. The Hall–Kier alpha value is -3.75. The van der Waals surface area contributed by atoms with Gasteiger partial charge in [-0.05, 0) is 13.8 Å². The second-order valence-electron chi connectivity index (χ2n) is 9.55. The molecule has 39 heavy (non-hydrogen) atoms. The Labute approximate surface area is 224 Å². The molecule has 0 aliphatic carbocycles. The van der Waals surface area contributed by atoms with Crippen molar-refractivity contribution in [1.29, 1.82) is 0 Å². The van der Waals surface area contributed by atoms with Gasteiger partial charge in [-0.15, -0.1) is 0 Å². The first kappa shape index (κ1) is 31.5. The SMILES string of the molecule is COC(=O)C(C)(C)[C@]1(C(=O)OC)C[C@@H]2OC(=O)N(C(C)=O)[C@H]2[C@H]([C@H](OC(C)=O)[C@@H](COC(C)=O)OC(C)=O)O1. The number of hydrogen-bond donors (Lipinski definition) is 0. The second kappa shape index (κ2) is 12.0. The summed E-state index contributed by atoms with van der Waals surface area (Å²) in [5.41, 5.74) is -4.03. The molecule has 218 valence electrons. The molecule has 0 aromatic rings. The molecule has 15 nitrogen and oxygen atoms in total. The molecule has 0 aromatic heterocycles. The van der Waals surface area contributed by atoms with Crippen LogP contribution < -0.4 is 0 Å². The summed E-state index contributed by atoms with van der Waals surface area (Å²) in [6, 6.07) is -1.33. The van der Waals surface area contributed by atoms with Gasteiger partial charge in [-0.3, -0.25) is 24.0 Å². The summed E-state index contributed by atoms with van der Waals surface area (Å²) in [4.78, 5) is 88.0. The molecule has 2 amide bonds. The normalized spacial score (nSPS) is 25.8. The van der Waals surface area contributed by atoms with E-state index in [0.717, 1.165) is 41.9 Å². The Morgan fingerprint density at radius 3 is 2.03 bits per heavy atom. The summed E-state index contributed by atoms with van der Waals surface area (Å²) in [7, 11) is 2.12.